The zero-order valence-corrected chi connectivity index (χ0v) is 28.7. The van der Waals surface area contributed by atoms with Crippen LogP contribution in [0.5, 0.6) is 0 Å². The Morgan fingerprint density at radius 2 is 1.16 bits per heavy atom. The quantitative estimate of drug-likeness (QED) is 0.268. The Balaban J connectivity index is 0.000000155. The zero-order chi connectivity index (χ0) is 27.8. The van der Waals surface area contributed by atoms with Crippen molar-refractivity contribution in [1.82, 2.24) is 0 Å². The lowest BCUT2D eigenvalue weighted by atomic mass is 9.51. The number of hydrogen-bond acceptors (Lipinski definition) is 6. The molecule has 0 unspecified atom stereocenters. The van der Waals surface area contributed by atoms with Gasteiger partial charge in [0, 0.05) is 59.7 Å². The van der Waals surface area contributed by atoms with E-state index in [9.17, 15) is 9.59 Å². The van der Waals surface area contributed by atoms with E-state index < -0.39 is 22.8 Å². The number of rotatable bonds is 6. The third-order valence-corrected chi connectivity index (χ3v) is 13.6. The molecule has 6 nitrogen and oxygen atoms in total. The van der Waals surface area contributed by atoms with E-state index in [4.69, 9.17) is 18.9 Å². The van der Waals surface area contributed by atoms with Crippen LogP contribution in [0.25, 0.3) is 0 Å². The summed E-state index contributed by atoms with van der Waals surface area (Å²) in [5.41, 5.74) is -2.00. The van der Waals surface area contributed by atoms with Crippen LogP contribution in [0.2, 0.25) is 0 Å². The molecule has 4 aliphatic heterocycles. The Kier molecular flexibility index (Phi) is 7.98. The number of ether oxygens (including phenoxy) is 4. The second-order valence-electron chi connectivity index (χ2n) is 12.1. The van der Waals surface area contributed by atoms with Crippen molar-refractivity contribution < 1.29 is 28.5 Å². The molecule has 8 aliphatic rings. The number of hydrogen-bond donors (Lipinski definition) is 0. The summed E-state index contributed by atoms with van der Waals surface area (Å²) in [6.07, 6.45) is 11.6. The predicted octanol–water partition coefficient (Wildman–Crippen LogP) is 7.10. The van der Waals surface area contributed by atoms with Crippen LogP contribution < -0.4 is 0 Å². The molecule has 0 amide bonds. The number of carbonyl (C=O) groups is 2. The van der Waals surface area contributed by atoms with E-state index in [2.05, 4.69) is 89.7 Å². The molecule has 0 radical (unpaired) electrons. The minimum atomic E-state index is -0.869. The van der Waals surface area contributed by atoms with Gasteiger partial charge in [-0.15, -0.1) is 0 Å². The molecule has 8 atom stereocenters. The fraction of sp³-hybridized carbons (Fsp3) is 0.786. The van der Waals surface area contributed by atoms with Gasteiger partial charge in [-0.25, -0.2) is 0 Å². The fourth-order valence-corrected chi connectivity index (χ4v) is 11.1. The minimum Gasteiger partial charge on any atom is -0.353 e. The molecule has 0 aromatic rings. The highest BCUT2D eigenvalue weighted by Crippen LogP contribution is 2.68. The van der Waals surface area contributed by atoms with Crippen LogP contribution in [-0.4, -0.2) is 59.2 Å². The van der Waals surface area contributed by atoms with Crippen molar-refractivity contribution in [3.05, 3.63) is 21.1 Å². The van der Waals surface area contributed by atoms with Crippen molar-refractivity contribution in [2.24, 2.45) is 22.7 Å². The van der Waals surface area contributed by atoms with Crippen LogP contribution in [0, 0.1) is 22.7 Å². The van der Waals surface area contributed by atoms with E-state index in [1.54, 1.807) is 14.2 Å². The van der Waals surface area contributed by atoms with Crippen LogP contribution >= 0.6 is 63.7 Å². The Hall–Kier alpha value is 0.580. The molecule has 4 heterocycles. The summed E-state index contributed by atoms with van der Waals surface area (Å²) in [6, 6.07) is 0. The summed E-state index contributed by atoms with van der Waals surface area (Å²) in [5, 5.41) is 0.607. The highest BCUT2D eigenvalue weighted by molar-refractivity contribution is 9.12. The summed E-state index contributed by atoms with van der Waals surface area (Å²) >= 11 is 13.8. The second-order valence-corrected chi connectivity index (χ2v) is 15.0. The number of allylic oxidation sites excluding steroid dienone is 2. The maximum Gasteiger partial charge on any atom is 0.180 e. The number of fused-ring (bicyclic) bond motifs is 2. The van der Waals surface area contributed by atoms with Crippen molar-refractivity contribution in [3.63, 3.8) is 0 Å². The molecule has 6 fully saturated rings. The van der Waals surface area contributed by atoms with Gasteiger partial charge in [-0.05, 0) is 37.5 Å². The SMILES string of the molecule is CO[C@]12CC[C@@]3(C)[C@H](CC=C(Br)[C@@]3(C(=O)CBr)O1)C2.CO[C@]12CC[C@@]3(C)[C@H](CC=C(Br)[C@@]3(C(=O)CBr)O1)C2. The zero-order valence-electron chi connectivity index (χ0n) is 22.3. The number of methoxy groups -OCH3 is 2. The van der Waals surface area contributed by atoms with E-state index in [-0.39, 0.29) is 22.4 Å². The molecule has 4 saturated heterocycles. The third kappa shape index (κ3) is 3.79. The highest BCUT2D eigenvalue weighted by Gasteiger charge is 2.72. The first-order chi connectivity index (χ1) is 17.9. The number of Topliss-reactive ketones (excluding diaryl/α,β-unsaturated/α-hetero) is 2. The minimum absolute atomic E-state index is 0.0867. The van der Waals surface area contributed by atoms with Crippen molar-refractivity contribution in [2.75, 3.05) is 24.9 Å². The maximum atomic E-state index is 12.7. The van der Waals surface area contributed by atoms with Crippen molar-refractivity contribution in [2.45, 2.75) is 88.0 Å². The lowest BCUT2D eigenvalue weighted by Crippen LogP contribution is -2.72. The first-order valence-electron chi connectivity index (χ1n) is 13.3. The van der Waals surface area contributed by atoms with Gasteiger partial charge in [-0.1, -0.05) is 89.7 Å². The van der Waals surface area contributed by atoms with Gasteiger partial charge in [0.25, 0.3) is 0 Å². The fourth-order valence-electron chi connectivity index (χ4n) is 8.39. The summed E-state index contributed by atoms with van der Waals surface area (Å²) in [5.74, 6) is -0.119. The van der Waals surface area contributed by atoms with Crippen LogP contribution in [0.15, 0.2) is 21.1 Å². The van der Waals surface area contributed by atoms with Crippen LogP contribution in [0.1, 0.15) is 65.2 Å². The van der Waals surface area contributed by atoms with Gasteiger partial charge in [-0.3, -0.25) is 9.59 Å². The molecule has 0 aromatic heterocycles. The Bertz CT molecular complexity index is 1010. The van der Waals surface area contributed by atoms with Crippen LogP contribution in [0.3, 0.4) is 0 Å². The number of alkyl halides is 2. The summed E-state index contributed by atoms with van der Waals surface area (Å²) in [4.78, 5) is 25.3. The second kappa shape index (κ2) is 10.1. The predicted molar refractivity (Wildman–Crippen MR) is 159 cm³/mol. The molecule has 212 valence electrons. The van der Waals surface area contributed by atoms with Gasteiger partial charge in [0.05, 0.1) is 10.7 Å². The van der Waals surface area contributed by atoms with Crippen molar-refractivity contribution in [3.8, 4) is 0 Å². The molecule has 38 heavy (non-hydrogen) atoms. The Morgan fingerprint density at radius 1 is 0.789 bits per heavy atom. The van der Waals surface area contributed by atoms with Gasteiger partial charge in [-0.2, -0.15) is 0 Å². The molecule has 0 N–H and O–H groups in total. The molecule has 8 rings (SSSR count). The molecule has 0 aromatic carbocycles. The molecule has 8 bridgehead atoms. The van der Waals surface area contributed by atoms with Gasteiger partial charge >= 0.3 is 0 Å². The van der Waals surface area contributed by atoms with E-state index in [0.717, 1.165) is 60.3 Å². The summed E-state index contributed by atoms with van der Waals surface area (Å²) < 4.78 is 25.8. The Morgan fingerprint density at radius 3 is 1.47 bits per heavy atom. The van der Waals surface area contributed by atoms with E-state index in [0.29, 0.717) is 22.5 Å². The first kappa shape index (κ1) is 30.1. The summed E-state index contributed by atoms with van der Waals surface area (Å²) in [6.45, 7) is 4.40. The average Bonchev–Trinajstić information content (AvgIpc) is 2.92. The lowest BCUT2D eigenvalue weighted by Gasteiger charge is -2.66. The van der Waals surface area contributed by atoms with E-state index in [1.165, 1.54) is 0 Å². The van der Waals surface area contributed by atoms with Gasteiger partial charge < -0.3 is 18.9 Å². The number of carbonyl (C=O) groups excluding carboxylic acids is 2. The van der Waals surface area contributed by atoms with Crippen molar-refractivity contribution in [1.29, 1.82) is 0 Å². The van der Waals surface area contributed by atoms with Crippen molar-refractivity contribution >= 4 is 75.3 Å². The normalized spacial score (nSPS) is 48.0. The third-order valence-electron chi connectivity index (χ3n) is 10.9. The van der Waals surface area contributed by atoms with Crippen LogP contribution in [-0.2, 0) is 28.5 Å². The topological polar surface area (TPSA) is 71.1 Å². The maximum absolute atomic E-state index is 12.7. The monoisotopic (exact) mass is 784 g/mol. The average molecular weight is 788 g/mol. The molecular formula is C28H36Br4O6. The first-order valence-corrected chi connectivity index (χ1v) is 17.1. The van der Waals surface area contributed by atoms with Gasteiger partial charge in [0.2, 0.25) is 0 Å². The smallest absolute Gasteiger partial charge is 0.180 e. The van der Waals surface area contributed by atoms with Gasteiger partial charge in [0.15, 0.2) is 34.3 Å². The molecule has 0 spiro atoms. The molecule has 4 aliphatic carbocycles. The molecule has 10 heteroatoms. The van der Waals surface area contributed by atoms with Crippen LogP contribution in [0.4, 0.5) is 0 Å². The Labute approximate surface area is 258 Å². The summed E-state index contributed by atoms with van der Waals surface area (Å²) in [7, 11) is 3.38. The van der Waals surface area contributed by atoms with Gasteiger partial charge in [0.1, 0.15) is 0 Å². The van der Waals surface area contributed by atoms with E-state index in [1.807, 2.05) is 0 Å². The largest absolute Gasteiger partial charge is 0.353 e. The number of ketones is 2. The number of halogens is 4. The molecule has 2 saturated carbocycles. The lowest BCUT2D eigenvalue weighted by molar-refractivity contribution is -0.364. The standard InChI is InChI=1S/2C14H18Br2O3/c2*1-12-5-6-13(18-2)7-9(12)3-4-10(16)14(12,19-13)11(17)8-15/h2*4,9H,3,5-8H2,1-2H3/t2*9-,12+,13-,14+/m11/s1. The highest BCUT2D eigenvalue weighted by atomic mass is 79.9. The van der Waals surface area contributed by atoms with E-state index >= 15 is 0 Å². The molecular weight excluding hydrogens is 752 g/mol.